The molecule has 3 rings (SSSR count). The number of nitrogens with one attached hydrogen (secondary N) is 1. The minimum absolute atomic E-state index is 0.0105. The highest BCUT2D eigenvalue weighted by molar-refractivity contribution is 5.75. The number of urea groups is 1. The quantitative estimate of drug-likeness (QED) is 0.776. The van der Waals surface area contributed by atoms with E-state index in [2.05, 4.69) is 16.8 Å². The van der Waals surface area contributed by atoms with Crippen LogP contribution in [0.4, 0.5) is 4.79 Å². The summed E-state index contributed by atoms with van der Waals surface area (Å²) in [7, 11) is 0. The Bertz CT molecular complexity index is 552. The van der Waals surface area contributed by atoms with Gasteiger partial charge in [0.25, 0.3) is 0 Å². The molecule has 6 nitrogen and oxygen atoms in total. The van der Waals surface area contributed by atoms with Crippen LogP contribution in [-0.2, 0) is 0 Å². The summed E-state index contributed by atoms with van der Waals surface area (Å²) in [6, 6.07) is 3.87. The Hall–Kier alpha value is -1.79. The molecule has 0 bridgehead atoms. The van der Waals surface area contributed by atoms with E-state index in [1.165, 1.54) is 0 Å². The molecule has 25 heavy (non-hydrogen) atoms. The van der Waals surface area contributed by atoms with Crippen LogP contribution >= 0.6 is 0 Å². The molecule has 2 fully saturated rings. The molecule has 2 aliphatic heterocycles. The zero-order chi connectivity index (χ0) is 17.6. The standard InChI is InChI=1S/C19H29N3O3/c1-2-9-21-11-7-15(8-12-21)20-19(24)22-10-3-5-16(22)14-17(23)18-6-4-13-25-18/h2,4,6,13,15-17,23H,1,3,5,7-12,14H2,(H,20,24). The van der Waals surface area contributed by atoms with Crippen molar-refractivity contribution >= 4 is 6.03 Å². The van der Waals surface area contributed by atoms with Crippen molar-refractivity contribution in [3.63, 3.8) is 0 Å². The topological polar surface area (TPSA) is 69.0 Å². The van der Waals surface area contributed by atoms with Gasteiger partial charge in [-0.1, -0.05) is 6.08 Å². The van der Waals surface area contributed by atoms with E-state index in [0.29, 0.717) is 12.2 Å². The Morgan fingerprint density at radius 3 is 2.88 bits per heavy atom. The number of piperidine rings is 1. The Balaban J connectivity index is 1.48. The van der Waals surface area contributed by atoms with Gasteiger partial charge in [0.1, 0.15) is 11.9 Å². The molecule has 0 saturated carbocycles. The van der Waals surface area contributed by atoms with Gasteiger partial charge in [0.2, 0.25) is 0 Å². The number of nitrogens with zero attached hydrogens (tertiary/aromatic N) is 2. The third-order valence-electron chi connectivity index (χ3n) is 5.31. The Morgan fingerprint density at radius 2 is 2.20 bits per heavy atom. The van der Waals surface area contributed by atoms with E-state index < -0.39 is 6.10 Å². The summed E-state index contributed by atoms with van der Waals surface area (Å²) in [6.45, 7) is 7.45. The first-order chi connectivity index (χ1) is 12.2. The molecule has 6 heteroatoms. The molecule has 2 unspecified atom stereocenters. The molecular weight excluding hydrogens is 318 g/mol. The van der Waals surface area contributed by atoms with Crippen LogP contribution in [0.25, 0.3) is 0 Å². The SMILES string of the molecule is C=CCN1CCC(NC(=O)N2CCCC2CC(O)c2ccco2)CC1. The predicted molar refractivity (Wildman–Crippen MR) is 96.2 cm³/mol. The molecule has 1 aromatic rings. The lowest BCUT2D eigenvalue weighted by atomic mass is 10.0. The number of amides is 2. The zero-order valence-corrected chi connectivity index (χ0v) is 14.8. The Kier molecular flexibility index (Phi) is 6.15. The maximum absolute atomic E-state index is 12.7. The van der Waals surface area contributed by atoms with Gasteiger partial charge in [0, 0.05) is 44.7 Å². The predicted octanol–water partition coefficient (Wildman–Crippen LogP) is 2.53. The molecule has 2 aliphatic rings. The number of likely N-dealkylation sites (tertiary alicyclic amines) is 2. The van der Waals surface area contributed by atoms with Crippen LogP contribution in [0.1, 0.15) is 44.0 Å². The minimum atomic E-state index is -0.657. The van der Waals surface area contributed by atoms with Gasteiger partial charge in [0.15, 0.2) is 0 Å². The van der Waals surface area contributed by atoms with Gasteiger partial charge in [0.05, 0.1) is 6.26 Å². The average molecular weight is 347 g/mol. The number of aliphatic hydroxyl groups is 1. The van der Waals surface area contributed by atoms with E-state index in [0.717, 1.165) is 51.9 Å². The van der Waals surface area contributed by atoms with Crippen LogP contribution in [0.5, 0.6) is 0 Å². The number of aliphatic hydroxyl groups excluding tert-OH is 1. The molecule has 0 aromatic carbocycles. The number of hydrogen-bond acceptors (Lipinski definition) is 4. The van der Waals surface area contributed by atoms with Gasteiger partial charge in [-0.25, -0.2) is 4.79 Å². The molecule has 0 spiro atoms. The lowest BCUT2D eigenvalue weighted by Gasteiger charge is -2.34. The van der Waals surface area contributed by atoms with Crippen LogP contribution in [0, 0.1) is 0 Å². The molecule has 1 aromatic heterocycles. The fourth-order valence-electron chi connectivity index (χ4n) is 3.90. The summed E-state index contributed by atoms with van der Waals surface area (Å²) in [6.07, 6.45) is 7.24. The van der Waals surface area contributed by atoms with Gasteiger partial charge < -0.3 is 19.7 Å². The maximum Gasteiger partial charge on any atom is 0.317 e. The van der Waals surface area contributed by atoms with Crippen molar-refractivity contribution in [2.45, 2.75) is 50.3 Å². The zero-order valence-electron chi connectivity index (χ0n) is 14.8. The second kappa shape index (κ2) is 8.54. The van der Waals surface area contributed by atoms with Crippen LogP contribution in [0.3, 0.4) is 0 Å². The van der Waals surface area contributed by atoms with Crippen molar-refractivity contribution < 1.29 is 14.3 Å². The lowest BCUT2D eigenvalue weighted by Crippen LogP contribution is -2.50. The van der Waals surface area contributed by atoms with E-state index in [9.17, 15) is 9.90 Å². The van der Waals surface area contributed by atoms with Crippen LogP contribution in [0.15, 0.2) is 35.5 Å². The first-order valence-electron chi connectivity index (χ1n) is 9.29. The average Bonchev–Trinajstić information content (AvgIpc) is 3.28. The summed E-state index contributed by atoms with van der Waals surface area (Å²) in [5, 5.41) is 13.5. The van der Waals surface area contributed by atoms with Gasteiger partial charge in [-0.2, -0.15) is 0 Å². The highest BCUT2D eigenvalue weighted by Gasteiger charge is 2.32. The first kappa shape index (κ1) is 18.0. The van der Waals surface area contributed by atoms with E-state index in [4.69, 9.17) is 4.42 Å². The van der Waals surface area contributed by atoms with E-state index in [-0.39, 0.29) is 18.1 Å². The Morgan fingerprint density at radius 1 is 1.40 bits per heavy atom. The molecular formula is C19H29N3O3. The third kappa shape index (κ3) is 4.64. The summed E-state index contributed by atoms with van der Waals surface area (Å²) in [5.74, 6) is 0.571. The highest BCUT2D eigenvalue weighted by Crippen LogP contribution is 2.27. The number of carbonyl (C=O) groups excluding carboxylic acids is 1. The van der Waals surface area contributed by atoms with Gasteiger partial charge >= 0.3 is 6.03 Å². The van der Waals surface area contributed by atoms with Crippen molar-refractivity contribution in [3.8, 4) is 0 Å². The molecule has 0 radical (unpaired) electrons. The van der Waals surface area contributed by atoms with Crippen molar-refractivity contribution in [2.24, 2.45) is 0 Å². The molecule has 0 aliphatic carbocycles. The highest BCUT2D eigenvalue weighted by atomic mass is 16.4. The van der Waals surface area contributed by atoms with Gasteiger partial charge in [-0.3, -0.25) is 4.90 Å². The summed E-state index contributed by atoms with van der Waals surface area (Å²) < 4.78 is 5.27. The van der Waals surface area contributed by atoms with Crippen molar-refractivity contribution in [1.29, 1.82) is 0 Å². The second-order valence-electron chi connectivity index (χ2n) is 7.07. The van der Waals surface area contributed by atoms with Crippen LogP contribution in [0.2, 0.25) is 0 Å². The van der Waals surface area contributed by atoms with Crippen LogP contribution in [-0.4, -0.2) is 59.2 Å². The molecule has 138 valence electrons. The fraction of sp³-hybridized carbons (Fsp3) is 0.632. The minimum Gasteiger partial charge on any atom is -0.467 e. The number of rotatable bonds is 6. The summed E-state index contributed by atoms with van der Waals surface area (Å²) in [5.41, 5.74) is 0. The van der Waals surface area contributed by atoms with E-state index >= 15 is 0 Å². The fourth-order valence-corrected chi connectivity index (χ4v) is 3.90. The second-order valence-corrected chi connectivity index (χ2v) is 7.07. The maximum atomic E-state index is 12.7. The first-order valence-corrected chi connectivity index (χ1v) is 9.29. The normalized spacial score (nSPS) is 23.6. The van der Waals surface area contributed by atoms with Crippen LogP contribution < -0.4 is 5.32 Å². The van der Waals surface area contributed by atoms with Crippen molar-refractivity contribution in [3.05, 3.63) is 36.8 Å². The lowest BCUT2D eigenvalue weighted by molar-refractivity contribution is 0.106. The number of hydrogen-bond donors (Lipinski definition) is 2. The molecule has 2 N–H and O–H groups in total. The summed E-state index contributed by atoms with van der Waals surface area (Å²) >= 11 is 0. The third-order valence-corrected chi connectivity index (χ3v) is 5.31. The Labute approximate surface area is 149 Å². The van der Waals surface area contributed by atoms with Crippen molar-refractivity contribution in [2.75, 3.05) is 26.2 Å². The van der Waals surface area contributed by atoms with E-state index in [1.807, 2.05) is 11.0 Å². The molecule has 2 saturated heterocycles. The monoisotopic (exact) mass is 347 g/mol. The van der Waals surface area contributed by atoms with Gasteiger partial charge in [-0.15, -0.1) is 6.58 Å². The van der Waals surface area contributed by atoms with Crippen molar-refractivity contribution in [1.82, 2.24) is 15.1 Å². The molecule has 2 atom stereocenters. The van der Waals surface area contributed by atoms with E-state index in [1.54, 1.807) is 18.4 Å². The number of furan rings is 1. The molecule has 3 heterocycles. The van der Waals surface area contributed by atoms with Gasteiger partial charge in [-0.05, 0) is 37.8 Å². The largest absolute Gasteiger partial charge is 0.467 e. The molecule has 2 amide bonds. The smallest absolute Gasteiger partial charge is 0.317 e. The summed E-state index contributed by atoms with van der Waals surface area (Å²) in [4.78, 5) is 16.9. The number of carbonyl (C=O) groups is 1.